The SMILES string of the molecule is CC(C)(C)NCc1cnn(C2CCCOC2)c1. The van der Waals surface area contributed by atoms with Crippen LogP contribution in [0.15, 0.2) is 12.4 Å². The number of nitrogens with zero attached hydrogens (tertiary/aromatic N) is 2. The fraction of sp³-hybridized carbons (Fsp3) is 0.769. The molecule has 1 aliphatic heterocycles. The summed E-state index contributed by atoms with van der Waals surface area (Å²) < 4.78 is 7.54. The van der Waals surface area contributed by atoms with Crippen LogP contribution in [0.3, 0.4) is 0 Å². The van der Waals surface area contributed by atoms with Crippen LogP contribution in [0.4, 0.5) is 0 Å². The standard InChI is InChI=1S/C13H23N3O/c1-13(2,3)14-7-11-8-15-16(9-11)12-5-4-6-17-10-12/h8-9,12,14H,4-7,10H2,1-3H3. The number of nitrogens with one attached hydrogen (secondary N) is 1. The van der Waals surface area contributed by atoms with E-state index in [4.69, 9.17) is 4.74 Å². The lowest BCUT2D eigenvalue weighted by Crippen LogP contribution is -2.34. The molecule has 1 aliphatic rings. The predicted molar refractivity (Wildman–Crippen MR) is 67.9 cm³/mol. The quantitative estimate of drug-likeness (QED) is 0.875. The molecule has 0 aliphatic carbocycles. The zero-order valence-electron chi connectivity index (χ0n) is 11.1. The first-order chi connectivity index (χ1) is 8.04. The van der Waals surface area contributed by atoms with Gasteiger partial charge >= 0.3 is 0 Å². The zero-order chi connectivity index (χ0) is 12.3. The van der Waals surface area contributed by atoms with E-state index in [0.717, 1.165) is 26.2 Å². The van der Waals surface area contributed by atoms with E-state index in [0.29, 0.717) is 6.04 Å². The average Bonchev–Trinajstić information content (AvgIpc) is 2.75. The van der Waals surface area contributed by atoms with Gasteiger partial charge in [0.1, 0.15) is 0 Å². The van der Waals surface area contributed by atoms with E-state index in [1.165, 1.54) is 12.0 Å². The number of ether oxygens (including phenoxy) is 1. The Balaban J connectivity index is 1.91. The van der Waals surface area contributed by atoms with Crippen molar-refractivity contribution in [2.45, 2.75) is 51.7 Å². The molecule has 4 nitrogen and oxygen atoms in total. The molecule has 17 heavy (non-hydrogen) atoms. The molecule has 1 atom stereocenters. The van der Waals surface area contributed by atoms with Crippen LogP contribution in [-0.4, -0.2) is 28.5 Å². The van der Waals surface area contributed by atoms with Gasteiger partial charge in [-0.05, 0) is 33.6 Å². The van der Waals surface area contributed by atoms with E-state index in [2.05, 4.69) is 42.1 Å². The molecule has 0 amide bonds. The van der Waals surface area contributed by atoms with Gasteiger partial charge in [-0.2, -0.15) is 5.10 Å². The van der Waals surface area contributed by atoms with E-state index in [1.807, 2.05) is 6.20 Å². The monoisotopic (exact) mass is 237 g/mol. The third kappa shape index (κ3) is 3.82. The maximum absolute atomic E-state index is 5.48. The molecular formula is C13H23N3O. The Bertz CT molecular complexity index is 348. The van der Waals surface area contributed by atoms with E-state index in [9.17, 15) is 0 Å². The van der Waals surface area contributed by atoms with E-state index in [1.54, 1.807) is 0 Å². The summed E-state index contributed by atoms with van der Waals surface area (Å²) in [5.74, 6) is 0. The van der Waals surface area contributed by atoms with Crippen LogP contribution in [0, 0.1) is 0 Å². The molecule has 0 spiro atoms. The molecule has 2 rings (SSSR count). The van der Waals surface area contributed by atoms with Gasteiger partial charge in [-0.1, -0.05) is 0 Å². The number of hydrogen-bond donors (Lipinski definition) is 1. The Morgan fingerprint density at radius 3 is 3.00 bits per heavy atom. The highest BCUT2D eigenvalue weighted by atomic mass is 16.5. The van der Waals surface area contributed by atoms with Crippen molar-refractivity contribution in [2.75, 3.05) is 13.2 Å². The fourth-order valence-corrected chi connectivity index (χ4v) is 1.97. The zero-order valence-corrected chi connectivity index (χ0v) is 11.1. The Morgan fingerprint density at radius 2 is 2.35 bits per heavy atom. The van der Waals surface area contributed by atoms with Crippen LogP contribution in [0.5, 0.6) is 0 Å². The Kier molecular flexibility index (Phi) is 3.84. The molecule has 1 saturated heterocycles. The lowest BCUT2D eigenvalue weighted by Gasteiger charge is -2.22. The molecule has 1 aromatic heterocycles. The second-order valence-electron chi connectivity index (χ2n) is 5.80. The van der Waals surface area contributed by atoms with Gasteiger partial charge in [0.25, 0.3) is 0 Å². The molecule has 2 heterocycles. The third-order valence-corrected chi connectivity index (χ3v) is 2.99. The first-order valence-corrected chi connectivity index (χ1v) is 6.40. The lowest BCUT2D eigenvalue weighted by molar-refractivity contribution is 0.0549. The molecule has 1 unspecified atom stereocenters. The van der Waals surface area contributed by atoms with Crippen LogP contribution < -0.4 is 5.32 Å². The average molecular weight is 237 g/mol. The summed E-state index contributed by atoms with van der Waals surface area (Å²) in [5, 5.41) is 7.91. The molecule has 1 N–H and O–H groups in total. The van der Waals surface area contributed by atoms with Crippen LogP contribution in [0.2, 0.25) is 0 Å². The highest BCUT2D eigenvalue weighted by Gasteiger charge is 2.17. The van der Waals surface area contributed by atoms with Crippen LogP contribution in [0.25, 0.3) is 0 Å². The molecule has 0 aromatic carbocycles. The minimum absolute atomic E-state index is 0.149. The summed E-state index contributed by atoms with van der Waals surface area (Å²) in [4.78, 5) is 0. The van der Waals surface area contributed by atoms with Crippen molar-refractivity contribution < 1.29 is 4.74 Å². The van der Waals surface area contributed by atoms with Crippen molar-refractivity contribution in [3.05, 3.63) is 18.0 Å². The Morgan fingerprint density at radius 1 is 1.53 bits per heavy atom. The maximum atomic E-state index is 5.48. The van der Waals surface area contributed by atoms with Crippen molar-refractivity contribution in [3.8, 4) is 0 Å². The van der Waals surface area contributed by atoms with Gasteiger partial charge < -0.3 is 10.1 Å². The van der Waals surface area contributed by atoms with Gasteiger partial charge in [-0.25, -0.2) is 0 Å². The van der Waals surface area contributed by atoms with E-state index in [-0.39, 0.29) is 5.54 Å². The molecule has 0 bridgehead atoms. The minimum Gasteiger partial charge on any atom is -0.379 e. The van der Waals surface area contributed by atoms with Gasteiger partial charge in [0.2, 0.25) is 0 Å². The fourth-order valence-electron chi connectivity index (χ4n) is 1.97. The smallest absolute Gasteiger partial charge is 0.0753 e. The summed E-state index contributed by atoms with van der Waals surface area (Å²) >= 11 is 0. The molecule has 96 valence electrons. The van der Waals surface area contributed by atoms with Gasteiger partial charge in [-0.3, -0.25) is 4.68 Å². The van der Waals surface area contributed by atoms with Gasteiger partial charge in [0.05, 0.1) is 18.8 Å². The normalized spacial score (nSPS) is 21.7. The largest absolute Gasteiger partial charge is 0.379 e. The molecule has 0 saturated carbocycles. The molecule has 0 radical (unpaired) electrons. The molecular weight excluding hydrogens is 214 g/mol. The Hall–Kier alpha value is -0.870. The van der Waals surface area contributed by atoms with E-state index < -0.39 is 0 Å². The van der Waals surface area contributed by atoms with Crippen LogP contribution in [-0.2, 0) is 11.3 Å². The number of rotatable bonds is 3. The van der Waals surface area contributed by atoms with Crippen molar-refractivity contribution in [3.63, 3.8) is 0 Å². The van der Waals surface area contributed by atoms with Crippen molar-refractivity contribution in [1.82, 2.24) is 15.1 Å². The predicted octanol–water partition coefficient (Wildman–Crippen LogP) is 2.12. The Labute approximate surface area is 103 Å². The summed E-state index contributed by atoms with van der Waals surface area (Å²) in [6.45, 7) is 9.09. The van der Waals surface area contributed by atoms with Gasteiger partial charge in [0.15, 0.2) is 0 Å². The second-order valence-corrected chi connectivity index (χ2v) is 5.80. The summed E-state index contributed by atoms with van der Waals surface area (Å²) in [5.41, 5.74) is 1.39. The lowest BCUT2D eigenvalue weighted by atomic mass is 10.1. The van der Waals surface area contributed by atoms with Crippen LogP contribution in [0.1, 0.15) is 45.2 Å². The summed E-state index contributed by atoms with van der Waals surface area (Å²) in [7, 11) is 0. The highest BCUT2D eigenvalue weighted by Crippen LogP contribution is 2.18. The number of hydrogen-bond acceptors (Lipinski definition) is 3. The molecule has 4 heteroatoms. The number of aromatic nitrogens is 2. The maximum Gasteiger partial charge on any atom is 0.0753 e. The summed E-state index contributed by atoms with van der Waals surface area (Å²) in [6.07, 6.45) is 6.40. The highest BCUT2D eigenvalue weighted by molar-refractivity contribution is 5.05. The van der Waals surface area contributed by atoms with Gasteiger partial charge in [-0.15, -0.1) is 0 Å². The van der Waals surface area contributed by atoms with E-state index >= 15 is 0 Å². The second kappa shape index (κ2) is 5.19. The molecule has 1 fully saturated rings. The van der Waals surface area contributed by atoms with Crippen molar-refractivity contribution in [1.29, 1.82) is 0 Å². The third-order valence-electron chi connectivity index (χ3n) is 2.99. The first-order valence-electron chi connectivity index (χ1n) is 6.40. The topological polar surface area (TPSA) is 39.1 Å². The summed E-state index contributed by atoms with van der Waals surface area (Å²) in [6, 6.07) is 0.423. The first kappa shape index (κ1) is 12.6. The van der Waals surface area contributed by atoms with Crippen molar-refractivity contribution in [2.24, 2.45) is 0 Å². The van der Waals surface area contributed by atoms with Gasteiger partial charge in [0, 0.05) is 30.5 Å². The van der Waals surface area contributed by atoms with Crippen LogP contribution >= 0.6 is 0 Å². The minimum atomic E-state index is 0.149. The van der Waals surface area contributed by atoms with Crippen molar-refractivity contribution >= 4 is 0 Å². The molecule has 1 aromatic rings.